The molecular weight excluding hydrogens is 384 g/mol. The molecule has 0 aliphatic carbocycles. The Morgan fingerprint density at radius 2 is 1.59 bits per heavy atom. The lowest BCUT2D eigenvalue weighted by Crippen LogP contribution is -2.48. The van der Waals surface area contributed by atoms with Crippen molar-refractivity contribution >= 4 is 15.7 Å². The van der Waals surface area contributed by atoms with Crippen molar-refractivity contribution in [3.05, 3.63) is 53.1 Å². The fourth-order valence-electron chi connectivity index (χ4n) is 3.73. The molecule has 0 N–H and O–H groups in total. The Bertz CT molecular complexity index is 986. The molecule has 5 nitrogen and oxygen atoms in total. The number of hydrogen-bond donors (Lipinski definition) is 0. The molecule has 0 spiro atoms. The largest absolute Gasteiger partial charge is 0.495 e. The number of para-hydroxylation sites is 2. The highest BCUT2D eigenvalue weighted by Crippen LogP contribution is 2.32. The zero-order valence-corrected chi connectivity index (χ0v) is 19.1. The van der Waals surface area contributed by atoms with Crippen LogP contribution in [0.2, 0.25) is 0 Å². The molecule has 2 aromatic rings. The van der Waals surface area contributed by atoms with Crippen LogP contribution in [0.4, 0.5) is 5.69 Å². The van der Waals surface area contributed by atoms with E-state index in [9.17, 15) is 8.42 Å². The van der Waals surface area contributed by atoms with Crippen LogP contribution in [0.25, 0.3) is 0 Å². The lowest BCUT2D eigenvalue weighted by Gasteiger charge is -2.36. The molecule has 1 fully saturated rings. The van der Waals surface area contributed by atoms with E-state index in [2.05, 4.69) is 31.7 Å². The van der Waals surface area contributed by atoms with Crippen molar-refractivity contribution in [3.63, 3.8) is 0 Å². The van der Waals surface area contributed by atoms with Gasteiger partial charge in [0.2, 0.25) is 10.0 Å². The van der Waals surface area contributed by atoms with Crippen molar-refractivity contribution in [1.82, 2.24) is 4.31 Å². The van der Waals surface area contributed by atoms with E-state index >= 15 is 0 Å². The first kappa shape index (κ1) is 21.7. The number of methoxy groups -OCH3 is 1. The average Bonchev–Trinajstić information content (AvgIpc) is 2.69. The van der Waals surface area contributed by atoms with Gasteiger partial charge in [0.1, 0.15) is 5.75 Å². The number of anilines is 1. The molecule has 0 bridgehead atoms. The van der Waals surface area contributed by atoms with Gasteiger partial charge in [-0.1, -0.05) is 39.0 Å². The number of piperazine rings is 1. The summed E-state index contributed by atoms with van der Waals surface area (Å²) < 4.78 is 34.1. The first-order chi connectivity index (χ1) is 13.6. The predicted octanol–water partition coefficient (Wildman–Crippen LogP) is 4.12. The maximum Gasteiger partial charge on any atom is 0.243 e. The van der Waals surface area contributed by atoms with Crippen LogP contribution in [0, 0.1) is 13.8 Å². The van der Waals surface area contributed by atoms with E-state index in [1.165, 1.54) is 0 Å². The fourth-order valence-corrected chi connectivity index (χ4v) is 5.47. The van der Waals surface area contributed by atoms with Crippen LogP contribution in [0.1, 0.15) is 37.5 Å². The number of benzene rings is 2. The van der Waals surface area contributed by atoms with Gasteiger partial charge in [-0.2, -0.15) is 4.31 Å². The van der Waals surface area contributed by atoms with Crippen molar-refractivity contribution in [2.45, 2.75) is 44.9 Å². The van der Waals surface area contributed by atoms with Crippen molar-refractivity contribution < 1.29 is 13.2 Å². The Kier molecular flexibility index (Phi) is 5.97. The van der Waals surface area contributed by atoms with E-state index in [0.29, 0.717) is 31.1 Å². The molecule has 6 heteroatoms. The molecule has 1 saturated heterocycles. The third-order valence-electron chi connectivity index (χ3n) is 5.77. The van der Waals surface area contributed by atoms with Crippen LogP contribution in [0.3, 0.4) is 0 Å². The lowest BCUT2D eigenvalue weighted by molar-refractivity contribution is 0.378. The number of ether oxygens (including phenoxy) is 1. The lowest BCUT2D eigenvalue weighted by atomic mass is 9.85. The molecule has 0 saturated carbocycles. The second-order valence-corrected chi connectivity index (χ2v) is 10.6. The molecule has 0 amide bonds. The number of rotatable bonds is 4. The molecule has 0 atom stereocenters. The Balaban J connectivity index is 1.86. The molecular formula is C23H32N2O3S. The third kappa shape index (κ3) is 4.28. The highest BCUT2D eigenvalue weighted by molar-refractivity contribution is 7.89. The highest BCUT2D eigenvalue weighted by atomic mass is 32.2. The second kappa shape index (κ2) is 8.00. The summed E-state index contributed by atoms with van der Waals surface area (Å²) in [5.74, 6) is 0.813. The fraction of sp³-hybridized carbons (Fsp3) is 0.478. The molecule has 158 valence electrons. The number of hydrogen-bond acceptors (Lipinski definition) is 4. The molecule has 29 heavy (non-hydrogen) atoms. The minimum Gasteiger partial charge on any atom is -0.495 e. The standard InChI is InChI=1S/C23H32N2O3S/c1-17-15-19(23(3,4)5)16-22(18(17)2)29(26,27)25-13-11-24(12-14-25)20-9-7-8-10-21(20)28-6/h7-10,15-16H,11-14H2,1-6H3. The summed E-state index contributed by atoms with van der Waals surface area (Å²) in [5.41, 5.74) is 3.81. The van der Waals surface area contributed by atoms with Gasteiger partial charge in [-0.3, -0.25) is 0 Å². The smallest absolute Gasteiger partial charge is 0.243 e. The van der Waals surface area contributed by atoms with E-state index < -0.39 is 10.0 Å². The molecule has 3 rings (SSSR count). The number of sulfonamides is 1. The van der Waals surface area contributed by atoms with E-state index in [1.807, 2.05) is 44.2 Å². The van der Waals surface area contributed by atoms with Gasteiger partial charge in [0, 0.05) is 26.2 Å². The van der Waals surface area contributed by atoms with Crippen LogP contribution < -0.4 is 9.64 Å². The Morgan fingerprint density at radius 1 is 0.966 bits per heavy atom. The zero-order valence-electron chi connectivity index (χ0n) is 18.3. The Morgan fingerprint density at radius 3 is 2.17 bits per heavy atom. The van der Waals surface area contributed by atoms with Gasteiger partial charge in [0.05, 0.1) is 17.7 Å². The van der Waals surface area contributed by atoms with Crippen molar-refractivity contribution in [2.24, 2.45) is 0 Å². The Hall–Kier alpha value is -2.05. The average molecular weight is 417 g/mol. The van der Waals surface area contributed by atoms with Crippen LogP contribution in [-0.4, -0.2) is 46.0 Å². The summed E-state index contributed by atoms with van der Waals surface area (Å²) in [5, 5.41) is 0. The van der Waals surface area contributed by atoms with Gasteiger partial charge in [-0.05, 0) is 54.2 Å². The highest BCUT2D eigenvalue weighted by Gasteiger charge is 2.31. The van der Waals surface area contributed by atoms with Gasteiger partial charge < -0.3 is 9.64 Å². The molecule has 0 radical (unpaired) electrons. The minimum atomic E-state index is -3.54. The van der Waals surface area contributed by atoms with E-state index in [0.717, 1.165) is 28.1 Å². The third-order valence-corrected chi connectivity index (χ3v) is 7.79. The summed E-state index contributed by atoms with van der Waals surface area (Å²) >= 11 is 0. The summed E-state index contributed by atoms with van der Waals surface area (Å²) in [6.45, 7) is 12.4. The molecule has 0 aromatic heterocycles. The first-order valence-electron chi connectivity index (χ1n) is 10.1. The summed E-state index contributed by atoms with van der Waals surface area (Å²) in [7, 11) is -1.88. The zero-order chi connectivity index (χ0) is 21.4. The Labute approximate surface area is 175 Å². The topological polar surface area (TPSA) is 49.9 Å². The molecule has 2 aromatic carbocycles. The molecule has 0 unspecified atom stereocenters. The summed E-state index contributed by atoms with van der Waals surface area (Å²) in [6, 6.07) is 11.8. The molecule has 1 aliphatic heterocycles. The van der Waals surface area contributed by atoms with Gasteiger partial charge in [-0.25, -0.2) is 8.42 Å². The van der Waals surface area contributed by atoms with Crippen LogP contribution in [0.15, 0.2) is 41.3 Å². The number of aryl methyl sites for hydroxylation is 1. The van der Waals surface area contributed by atoms with Gasteiger partial charge in [0.25, 0.3) is 0 Å². The monoisotopic (exact) mass is 416 g/mol. The van der Waals surface area contributed by atoms with E-state index in [-0.39, 0.29) is 5.41 Å². The first-order valence-corrected chi connectivity index (χ1v) is 11.5. The minimum absolute atomic E-state index is 0.106. The van der Waals surface area contributed by atoms with E-state index in [4.69, 9.17) is 4.74 Å². The predicted molar refractivity (Wildman–Crippen MR) is 119 cm³/mol. The van der Waals surface area contributed by atoms with Crippen molar-refractivity contribution in [1.29, 1.82) is 0 Å². The second-order valence-electron chi connectivity index (χ2n) is 8.73. The van der Waals surface area contributed by atoms with Crippen LogP contribution >= 0.6 is 0 Å². The maximum atomic E-state index is 13.5. The maximum absolute atomic E-state index is 13.5. The van der Waals surface area contributed by atoms with Crippen molar-refractivity contribution in [3.8, 4) is 5.75 Å². The number of nitrogens with zero attached hydrogens (tertiary/aromatic N) is 2. The van der Waals surface area contributed by atoms with Gasteiger partial charge in [-0.15, -0.1) is 0 Å². The van der Waals surface area contributed by atoms with Crippen LogP contribution in [-0.2, 0) is 15.4 Å². The van der Waals surface area contributed by atoms with Gasteiger partial charge >= 0.3 is 0 Å². The molecule has 1 aliphatic rings. The summed E-state index contributed by atoms with van der Waals surface area (Å²) in [4.78, 5) is 2.63. The van der Waals surface area contributed by atoms with E-state index in [1.54, 1.807) is 11.4 Å². The normalized spacial score (nSPS) is 16.1. The molecule has 1 heterocycles. The summed E-state index contributed by atoms with van der Waals surface area (Å²) in [6.07, 6.45) is 0. The van der Waals surface area contributed by atoms with Crippen molar-refractivity contribution in [2.75, 3.05) is 38.2 Å². The quantitative estimate of drug-likeness (QED) is 0.752. The van der Waals surface area contributed by atoms with Crippen LogP contribution in [0.5, 0.6) is 5.75 Å². The van der Waals surface area contributed by atoms with Gasteiger partial charge in [0.15, 0.2) is 0 Å². The SMILES string of the molecule is COc1ccccc1N1CCN(S(=O)(=O)c2cc(C(C)(C)C)cc(C)c2C)CC1.